The number of nitrogens with one attached hydrogen (secondary N) is 1. The summed E-state index contributed by atoms with van der Waals surface area (Å²) in [6, 6.07) is 0. The Hall–Kier alpha value is -0.610. The Bertz CT molecular complexity index is 263. The summed E-state index contributed by atoms with van der Waals surface area (Å²) in [5.74, 6) is 0.0263. The molecule has 0 aromatic heterocycles. The Morgan fingerprint density at radius 3 is 2.88 bits per heavy atom. The summed E-state index contributed by atoms with van der Waals surface area (Å²) in [6.07, 6.45) is 4.44. The molecule has 92 valence electrons. The lowest BCUT2D eigenvalue weighted by atomic mass is 9.80. The van der Waals surface area contributed by atoms with E-state index in [1.165, 1.54) is 0 Å². The van der Waals surface area contributed by atoms with Crippen molar-refractivity contribution in [2.24, 2.45) is 5.92 Å². The van der Waals surface area contributed by atoms with Gasteiger partial charge < -0.3 is 15.2 Å². The van der Waals surface area contributed by atoms with E-state index in [1.807, 2.05) is 6.92 Å². The molecule has 0 radical (unpaired) electrons. The maximum atomic E-state index is 11.9. The van der Waals surface area contributed by atoms with Crippen LogP contribution in [-0.4, -0.2) is 35.9 Å². The van der Waals surface area contributed by atoms with E-state index in [-0.39, 0.29) is 17.9 Å². The van der Waals surface area contributed by atoms with Crippen molar-refractivity contribution in [1.29, 1.82) is 0 Å². The number of rotatable bonds is 4. The minimum absolute atomic E-state index is 0.0197. The van der Waals surface area contributed by atoms with Gasteiger partial charge in [-0.25, -0.2) is 0 Å². The summed E-state index contributed by atoms with van der Waals surface area (Å²) in [6.45, 7) is 3.12. The molecule has 0 aromatic carbocycles. The van der Waals surface area contributed by atoms with Crippen molar-refractivity contribution in [3.8, 4) is 0 Å². The van der Waals surface area contributed by atoms with Gasteiger partial charge in [0.05, 0.1) is 17.6 Å². The first-order chi connectivity index (χ1) is 7.64. The fourth-order valence-corrected chi connectivity index (χ4v) is 2.50. The summed E-state index contributed by atoms with van der Waals surface area (Å²) in [5.41, 5.74) is -0.628. The van der Waals surface area contributed by atoms with E-state index in [9.17, 15) is 9.90 Å². The quantitative estimate of drug-likeness (QED) is 0.748. The minimum atomic E-state index is -0.628. The zero-order valence-corrected chi connectivity index (χ0v) is 9.87. The van der Waals surface area contributed by atoms with Crippen LogP contribution in [-0.2, 0) is 9.53 Å². The molecule has 0 aromatic rings. The molecule has 4 nitrogen and oxygen atoms in total. The van der Waals surface area contributed by atoms with Crippen molar-refractivity contribution in [3.05, 3.63) is 0 Å². The topological polar surface area (TPSA) is 58.6 Å². The van der Waals surface area contributed by atoms with Gasteiger partial charge in [-0.15, -0.1) is 0 Å². The Kier molecular flexibility index (Phi) is 3.50. The predicted octanol–water partition coefficient (Wildman–Crippen LogP) is 0.833. The number of carbonyl (C=O) groups excluding carboxylic acids is 1. The van der Waals surface area contributed by atoms with Gasteiger partial charge in [-0.3, -0.25) is 4.79 Å². The van der Waals surface area contributed by atoms with Crippen LogP contribution in [0.4, 0.5) is 0 Å². The van der Waals surface area contributed by atoms with E-state index in [0.717, 1.165) is 32.1 Å². The summed E-state index contributed by atoms with van der Waals surface area (Å²) in [5, 5.41) is 12.7. The Balaban J connectivity index is 1.78. The number of hydrogen-bond acceptors (Lipinski definition) is 3. The van der Waals surface area contributed by atoms with Gasteiger partial charge in [-0.2, -0.15) is 0 Å². The molecule has 4 heteroatoms. The van der Waals surface area contributed by atoms with Crippen LogP contribution in [0.2, 0.25) is 0 Å². The van der Waals surface area contributed by atoms with Crippen LogP contribution >= 0.6 is 0 Å². The third-order valence-corrected chi connectivity index (χ3v) is 3.82. The van der Waals surface area contributed by atoms with E-state index >= 15 is 0 Å². The van der Waals surface area contributed by atoms with Crippen molar-refractivity contribution in [2.45, 2.75) is 50.7 Å². The number of amides is 1. The molecular formula is C12H21NO3. The molecule has 2 rings (SSSR count). The average Bonchev–Trinajstić information content (AvgIpc) is 2.71. The van der Waals surface area contributed by atoms with Crippen LogP contribution in [0.3, 0.4) is 0 Å². The molecule has 0 bridgehead atoms. The largest absolute Gasteiger partial charge is 0.388 e. The molecule has 1 saturated carbocycles. The highest BCUT2D eigenvalue weighted by Gasteiger charge is 2.37. The summed E-state index contributed by atoms with van der Waals surface area (Å²) in [4.78, 5) is 11.9. The summed E-state index contributed by atoms with van der Waals surface area (Å²) >= 11 is 0. The van der Waals surface area contributed by atoms with Crippen molar-refractivity contribution < 1.29 is 14.6 Å². The van der Waals surface area contributed by atoms with Crippen molar-refractivity contribution in [2.75, 3.05) is 13.2 Å². The monoisotopic (exact) mass is 227 g/mol. The Morgan fingerprint density at radius 1 is 1.56 bits per heavy atom. The van der Waals surface area contributed by atoms with Crippen LogP contribution in [0.1, 0.15) is 39.0 Å². The van der Waals surface area contributed by atoms with Crippen LogP contribution in [0, 0.1) is 5.92 Å². The maximum absolute atomic E-state index is 11.9. The predicted molar refractivity (Wildman–Crippen MR) is 59.9 cm³/mol. The van der Waals surface area contributed by atoms with E-state index in [0.29, 0.717) is 13.2 Å². The van der Waals surface area contributed by atoms with Crippen LogP contribution in [0.15, 0.2) is 0 Å². The first-order valence-corrected chi connectivity index (χ1v) is 6.26. The second-order valence-electron chi connectivity index (χ2n) is 5.01. The first kappa shape index (κ1) is 11.9. The van der Waals surface area contributed by atoms with Gasteiger partial charge >= 0.3 is 0 Å². The highest BCUT2D eigenvalue weighted by molar-refractivity contribution is 5.79. The highest BCUT2D eigenvalue weighted by atomic mass is 16.5. The average molecular weight is 227 g/mol. The smallest absolute Gasteiger partial charge is 0.225 e. The van der Waals surface area contributed by atoms with Gasteiger partial charge in [-0.05, 0) is 32.1 Å². The summed E-state index contributed by atoms with van der Waals surface area (Å²) in [7, 11) is 0. The lowest BCUT2D eigenvalue weighted by Crippen LogP contribution is -2.49. The number of carbonyl (C=O) groups is 1. The minimum Gasteiger partial charge on any atom is -0.388 e. The van der Waals surface area contributed by atoms with Gasteiger partial charge in [0, 0.05) is 13.2 Å². The molecular weight excluding hydrogens is 206 g/mol. The van der Waals surface area contributed by atoms with E-state index in [1.54, 1.807) is 0 Å². The van der Waals surface area contributed by atoms with Gasteiger partial charge in [0.15, 0.2) is 0 Å². The molecule has 1 aliphatic carbocycles. The van der Waals surface area contributed by atoms with Crippen molar-refractivity contribution in [3.63, 3.8) is 0 Å². The molecule has 2 aliphatic rings. The van der Waals surface area contributed by atoms with Crippen molar-refractivity contribution >= 4 is 5.91 Å². The number of aliphatic hydroxyl groups is 1. The lowest BCUT2D eigenvalue weighted by molar-refractivity contribution is -0.129. The third kappa shape index (κ3) is 2.38. The van der Waals surface area contributed by atoms with Gasteiger partial charge in [0.2, 0.25) is 5.91 Å². The number of ether oxygens (including phenoxy) is 1. The third-order valence-electron chi connectivity index (χ3n) is 3.82. The standard InChI is InChI=1S/C12H21NO3/c1-2-10-9(4-7-16-10)11(14)13-8-12(15)5-3-6-12/h9-10,15H,2-8H2,1H3,(H,13,14). The fraction of sp³-hybridized carbons (Fsp3) is 0.917. The van der Waals surface area contributed by atoms with E-state index < -0.39 is 5.60 Å². The molecule has 1 aliphatic heterocycles. The second-order valence-corrected chi connectivity index (χ2v) is 5.01. The van der Waals surface area contributed by atoms with E-state index in [4.69, 9.17) is 4.74 Å². The number of hydrogen-bond donors (Lipinski definition) is 2. The Morgan fingerprint density at radius 2 is 2.31 bits per heavy atom. The molecule has 0 spiro atoms. The molecule has 2 N–H and O–H groups in total. The highest BCUT2D eigenvalue weighted by Crippen LogP contribution is 2.31. The molecule has 2 unspecified atom stereocenters. The SMILES string of the molecule is CCC1OCCC1C(=O)NCC1(O)CCC1. The molecule has 1 heterocycles. The zero-order valence-electron chi connectivity index (χ0n) is 9.87. The van der Waals surface area contributed by atoms with Crippen LogP contribution in [0.5, 0.6) is 0 Å². The first-order valence-electron chi connectivity index (χ1n) is 6.26. The molecule has 1 saturated heterocycles. The van der Waals surface area contributed by atoms with Crippen LogP contribution in [0.25, 0.3) is 0 Å². The van der Waals surface area contributed by atoms with Crippen molar-refractivity contribution in [1.82, 2.24) is 5.32 Å². The van der Waals surface area contributed by atoms with Gasteiger partial charge in [-0.1, -0.05) is 6.92 Å². The molecule has 1 amide bonds. The summed E-state index contributed by atoms with van der Waals surface area (Å²) < 4.78 is 5.48. The van der Waals surface area contributed by atoms with Crippen LogP contribution < -0.4 is 5.32 Å². The van der Waals surface area contributed by atoms with Gasteiger partial charge in [0.1, 0.15) is 0 Å². The fourth-order valence-electron chi connectivity index (χ4n) is 2.50. The second kappa shape index (κ2) is 4.72. The molecule has 2 fully saturated rings. The Labute approximate surface area is 96.4 Å². The molecule has 2 atom stereocenters. The lowest BCUT2D eigenvalue weighted by Gasteiger charge is -2.36. The zero-order chi connectivity index (χ0) is 11.6. The van der Waals surface area contributed by atoms with Gasteiger partial charge in [0.25, 0.3) is 0 Å². The normalized spacial score (nSPS) is 32.1. The maximum Gasteiger partial charge on any atom is 0.225 e. The molecule has 16 heavy (non-hydrogen) atoms. The van der Waals surface area contributed by atoms with E-state index in [2.05, 4.69) is 5.32 Å².